The van der Waals surface area contributed by atoms with E-state index >= 15 is 0 Å². The zero-order valence-electron chi connectivity index (χ0n) is 13.9. The van der Waals surface area contributed by atoms with Gasteiger partial charge >= 0.3 is 0 Å². The highest BCUT2D eigenvalue weighted by Gasteiger charge is 2.34. The molecule has 2 rings (SSSR count). The Bertz CT molecular complexity index is 648. The summed E-state index contributed by atoms with van der Waals surface area (Å²) < 4.78 is 25.6. The maximum atomic E-state index is 13.8. The number of aromatic nitrogens is 1. The number of rotatable bonds is 9. The van der Waals surface area contributed by atoms with Gasteiger partial charge in [0.1, 0.15) is 11.0 Å². The highest BCUT2D eigenvalue weighted by atomic mass is 35.5. The first-order chi connectivity index (χ1) is 11.6. The van der Waals surface area contributed by atoms with Gasteiger partial charge in [-0.3, -0.25) is 0 Å². The number of pyridine rings is 1. The number of benzene rings is 1. The van der Waals surface area contributed by atoms with Gasteiger partial charge in [0.15, 0.2) is 0 Å². The van der Waals surface area contributed by atoms with E-state index in [0.29, 0.717) is 37.0 Å². The molecule has 6 heteroatoms. The molecule has 0 saturated carbocycles. The van der Waals surface area contributed by atoms with E-state index in [1.807, 2.05) is 19.9 Å². The number of hydrogen-bond acceptors (Lipinski definition) is 4. The zero-order chi connectivity index (χ0) is 17.4. The minimum atomic E-state index is -0.999. The molecular weight excluding hydrogens is 331 g/mol. The first-order valence-corrected chi connectivity index (χ1v) is 8.33. The van der Waals surface area contributed by atoms with Crippen molar-refractivity contribution >= 4 is 11.6 Å². The molecule has 0 amide bonds. The highest BCUT2D eigenvalue weighted by Crippen LogP contribution is 2.28. The van der Waals surface area contributed by atoms with Crippen molar-refractivity contribution in [3.8, 4) is 0 Å². The third-order valence-electron chi connectivity index (χ3n) is 3.55. The van der Waals surface area contributed by atoms with Crippen LogP contribution in [0.3, 0.4) is 0 Å². The second kappa shape index (κ2) is 9.08. The summed E-state index contributed by atoms with van der Waals surface area (Å²) in [6, 6.07) is 10.2. The zero-order valence-corrected chi connectivity index (χ0v) is 14.6. The van der Waals surface area contributed by atoms with Gasteiger partial charge in [-0.05, 0) is 32.0 Å². The lowest BCUT2D eigenvalue weighted by Gasteiger charge is -2.34. The topological polar surface area (TPSA) is 43.4 Å². The van der Waals surface area contributed by atoms with Crippen LogP contribution in [0, 0.1) is 5.82 Å². The Balaban J connectivity index is 2.18. The maximum Gasteiger partial charge on any atom is 0.207 e. The van der Waals surface area contributed by atoms with Crippen LogP contribution in [0.2, 0.25) is 5.15 Å². The number of nitrogens with one attached hydrogen (secondary N) is 1. The Morgan fingerprint density at radius 3 is 2.50 bits per heavy atom. The number of hydrogen-bond donors (Lipinski definition) is 1. The van der Waals surface area contributed by atoms with Crippen LogP contribution < -0.4 is 5.32 Å². The van der Waals surface area contributed by atoms with Crippen LogP contribution >= 0.6 is 11.6 Å². The van der Waals surface area contributed by atoms with Gasteiger partial charge in [-0.25, -0.2) is 9.37 Å². The first kappa shape index (κ1) is 18.8. The van der Waals surface area contributed by atoms with E-state index in [1.54, 1.807) is 30.5 Å². The van der Waals surface area contributed by atoms with E-state index in [-0.39, 0.29) is 5.82 Å². The molecular formula is C18H22ClFN2O2. The van der Waals surface area contributed by atoms with E-state index < -0.39 is 5.79 Å². The fraction of sp³-hybridized carbons (Fsp3) is 0.389. The lowest BCUT2D eigenvalue weighted by molar-refractivity contribution is -0.239. The molecule has 0 bridgehead atoms. The van der Waals surface area contributed by atoms with Crippen molar-refractivity contribution in [3.05, 3.63) is 64.7 Å². The Morgan fingerprint density at radius 1 is 1.17 bits per heavy atom. The minimum absolute atomic E-state index is 0.240. The van der Waals surface area contributed by atoms with Crippen LogP contribution in [0.25, 0.3) is 0 Å². The lowest BCUT2D eigenvalue weighted by Crippen LogP contribution is -2.43. The van der Waals surface area contributed by atoms with Crippen LogP contribution in [0.1, 0.15) is 25.0 Å². The molecule has 1 aromatic carbocycles. The van der Waals surface area contributed by atoms with Crippen molar-refractivity contribution in [2.24, 2.45) is 0 Å². The molecule has 0 atom stereocenters. The summed E-state index contributed by atoms with van der Waals surface area (Å²) in [5.41, 5.74) is 1.36. The van der Waals surface area contributed by atoms with E-state index in [1.165, 1.54) is 6.07 Å². The first-order valence-electron chi connectivity index (χ1n) is 7.95. The highest BCUT2D eigenvalue weighted by molar-refractivity contribution is 6.29. The van der Waals surface area contributed by atoms with Crippen molar-refractivity contribution in [2.45, 2.75) is 26.2 Å². The van der Waals surface area contributed by atoms with Gasteiger partial charge < -0.3 is 14.8 Å². The third kappa shape index (κ3) is 4.74. The van der Waals surface area contributed by atoms with Crippen LogP contribution in [0.5, 0.6) is 0 Å². The van der Waals surface area contributed by atoms with Crippen molar-refractivity contribution in [1.82, 2.24) is 10.3 Å². The Kier molecular flexibility index (Phi) is 7.12. The molecule has 0 saturated heterocycles. The Morgan fingerprint density at radius 2 is 1.88 bits per heavy atom. The average Bonchev–Trinajstić information content (AvgIpc) is 2.57. The van der Waals surface area contributed by atoms with Gasteiger partial charge in [0.25, 0.3) is 0 Å². The van der Waals surface area contributed by atoms with Crippen LogP contribution in [0.4, 0.5) is 4.39 Å². The molecule has 0 spiro atoms. The number of nitrogens with zero attached hydrogens (tertiary/aromatic N) is 1. The van der Waals surface area contributed by atoms with Crippen molar-refractivity contribution < 1.29 is 13.9 Å². The minimum Gasteiger partial charge on any atom is -0.345 e. The quantitative estimate of drug-likeness (QED) is 0.549. The molecule has 130 valence electrons. The van der Waals surface area contributed by atoms with Gasteiger partial charge in [-0.1, -0.05) is 29.8 Å². The second-order valence-electron chi connectivity index (χ2n) is 5.18. The standard InChI is InChI=1S/C18H22ClFN2O2/c1-3-23-18(24-4-2,15-9-10-22-17(19)11-15)13-21-12-14-7-5-6-8-16(14)20/h5-11,21H,3-4,12-13H2,1-2H3. The van der Waals surface area contributed by atoms with Crippen molar-refractivity contribution in [2.75, 3.05) is 19.8 Å². The van der Waals surface area contributed by atoms with Gasteiger partial charge in [-0.15, -0.1) is 0 Å². The smallest absolute Gasteiger partial charge is 0.207 e. The summed E-state index contributed by atoms with van der Waals surface area (Å²) in [7, 11) is 0. The van der Waals surface area contributed by atoms with Crippen molar-refractivity contribution in [1.29, 1.82) is 0 Å². The molecule has 0 aliphatic heterocycles. The van der Waals surface area contributed by atoms with Crippen LogP contribution in [-0.4, -0.2) is 24.7 Å². The maximum absolute atomic E-state index is 13.8. The SMILES string of the molecule is CCOC(CNCc1ccccc1F)(OCC)c1ccnc(Cl)c1. The fourth-order valence-electron chi connectivity index (χ4n) is 2.52. The molecule has 0 aliphatic carbocycles. The van der Waals surface area contributed by atoms with Crippen LogP contribution in [-0.2, 0) is 21.8 Å². The number of halogens is 2. The Labute approximate surface area is 147 Å². The van der Waals surface area contributed by atoms with Gasteiger partial charge in [0.2, 0.25) is 5.79 Å². The average molecular weight is 353 g/mol. The molecule has 0 fully saturated rings. The molecule has 24 heavy (non-hydrogen) atoms. The monoisotopic (exact) mass is 352 g/mol. The summed E-state index contributed by atoms with van der Waals surface area (Å²) in [5.74, 6) is -1.24. The predicted molar refractivity (Wildman–Crippen MR) is 92.3 cm³/mol. The molecule has 4 nitrogen and oxygen atoms in total. The predicted octanol–water partition coefficient (Wildman–Crippen LogP) is 3.89. The molecule has 1 aromatic heterocycles. The Hall–Kier alpha value is -1.53. The molecule has 0 unspecified atom stereocenters. The molecule has 2 aromatic rings. The van der Waals surface area contributed by atoms with Gasteiger partial charge in [-0.2, -0.15) is 0 Å². The third-order valence-corrected chi connectivity index (χ3v) is 3.76. The van der Waals surface area contributed by atoms with Gasteiger partial charge in [0.05, 0.1) is 6.54 Å². The van der Waals surface area contributed by atoms with E-state index in [4.69, 9.17) is 21.1 Å². The second-order valence-corrected chi connectivity index (χ2v) is 5.57. The lowest BCUT2D eigenvalue weighted by atomic mass is 10.1. The van der Waals surface area contributed by atoms with E-state index in [0.717, 1.165) is 5.56 Å². The molecule has 1 heterocycles. The summed E-state index contributed by atoms with van der Waals surface area (Å²) in [4.78, 5) is 4.00. The van der Waals surface area contributed by atoms with E-state index in [9.17, 15) is 4.39 Å². The molecule has 1 N–H and O–H groups in total. The fourth-order valence-corrected chi connectivity index (χ4v) is 2.70. The summed E-state index contributed by atoms with van der Waals surface area (Å²) in [6.45, 7) is 5.43. The van der Waals surface area contributed by atoms with Crippen LogP contribution in [0.15, 0.2) is 42.6 Å². The van der Waals surface area contributed by atoms with Gasteiger partial charge in [0, 0.05) is 37.1 Å². The number of ether oxygens (including phenoxy) is 2. The molecule has 0 radical (unpaired) electrons. The summed E-state index contributed by atoms with van der Waals surface area (Å²) >= 11 is 6.01. The normalized spacial score (nSPS) is 11.7. The largest absolute Gasteiger partial charge is 0.345 e. The van der Waals surface area contributed by atoms with Crippen molar-refractivity contribution in [3.63, 3.8) is 0 Å². The summed E-state index contributed by atoms with van der Waals surface area (Å²) in [6.07, 6.45) is 1.61. The molecule has 0 aliphatic rings. The summed E-state index contributed by atoms with van der Waals surface area (Å²) in [5, 5.41) is 3.58. The van der Waals surface area contributed by atoms with E-state index in [2.05, 4.69) is 10.3 Å².